The fraction of sp³-hybridized carbons (Fsp3) is 0.324. The van der Waals surface area contributed by atoms with Crippen LogP contribution in [-0.4, -0.2) is 41.8 Å². The second-order valence-electron chi connectivity index (χ2n) is 11.6. The number of amides is 1. The molecule has 2 saturated heterocycles. The van der Waals surface area contributed by atoms with Crippen LogP contribution in [0, 0.1) is 12.3 Å². The van der Waals surface area contributed by atoms with Crippen LogP contribution in [0.25, 0.3) is 21.3 Å². The molecule has 8 heteroatoms. The highest BCUT2D eigenvalue weighted by molar-refractivity contribution is 7.18. The van der Waals surface area contributed by atoms with Gasteiger partial charge in [-0.05, 0) is 85.7 Å². The van der Waals surface area contributed by atoms with Gasteiger partial charge in [-0.1, -0.05) is 36.9 Å². The van der Waals surface area contributed by atoms with Gasteiger partial charge in [-0.3, -0.25) is 9.18 Å². The van der Waals surface area contributed by atoms with Gasteiger partial charge in [-0.15, -0.1) is 11.3 Å². The first-order chi connectivity index (χ1) is 20.2. The molecule has 1 aromatic heterocycles. The number of carboxylic acids is 1. The van der Waals surface area contributed by atoms with Crippen LogP contribution in [0.5, 0.6) is 0 Å². The van der Waals surface area contributed by atoms with Crippen LogP contribution in [0.15, 0.2) is 78.9 Å². The highest BCUT2D eigenvalue weighted by Gasteiger charge is 2.51. The molecule has 0 unspecified atom stereocenters. The number of nitrogens with zero attached hydrogens (tertiary/aromatic N) is 2. The van der Waals surface area contributed by atoms with Crippen molar-refractivity contribution in [2.45, 2.75) is 44.6 Å². The first kappa shape index (κ1) is 28.2. The maximum absolute atomic E-state index is 13.7. The average Bonchev–Trinajstić information content (AvgIpc) is 3.40. The minimum Gasteiger partial charge on any atom is -0.478 e. The molecule has 1 N–H and O–H groups in total. The van der Waals surface area contributed by atoms with Gasteiger partial charge in [0.15, 0.2) is 0 Å². The number of carbonyl (C=O) groups excluding carboxylic acids is 1. The molecular weight excluding hydrogens is 551 g/mol. The van der Waals surface area contributed by atoms with Crippen LogP contribution in [0.2, 0.25) is 0 Å². The maximum Gasteiger partial charge on any atom is 0.335 e. The van der Waals surface area contributed by atoms with Crippen molar-refractivity contribution in [1.82, 2.24) is 4.98 Å². The first-order valence-corrected chi connectivity index (χ1v) is 15.0. The van der Waals surface area contributed by atoms with Crippen LogP contribution >= 0.6 is 11.3 Å². The molecule has 0 radical (unpaired) electrons. The van der Waals surface area contributed by atoms with Gasteiger partial charge in [0, 0.05) is 29.6 Å². The monoisotopic (exact) mass is 584 g/mol. The van der Waals surface area contributed by atoms with Crippen LogP contribution in [0.1, 0.15) is 53.0 Å². The zero-order chi connectivity index (χ0) is 29.5. The number of thiazole rings is 1. The summed E-state index contributed by atoms with van der Waals surface area (Å²) in [6, 6.07) is 21.1. The van der Waals surface area contributed by atoms with Crippen molar-refractivity contribution in [2.24, 2.45) is 5.41 Å². The number of alkyl halides is 1. The summed E-state index contributed by atoms with van der Waals surface area (Å²) < 4.78 is 20.9. The van der Waals surface area contributed by atoms with Crippen molar-refractivity contribution < 1.29 is 23.8 Å². The first-order valence-electron chi connectivity index (χ1n) is 14.2. The van der Waals surface area contributed by atoms with E-state index in [1.54, 1.807) is 28.4 Å². The molecule has 216 valence electrons. The highest BCUT2D eigenvalue weighted by atomic mass is 32.1. The van der Waals surface area contributed by atoms with Gasteiger partial charge < -0.3 is 14.7 Å². The smallest absolute Gasteiger partial charge is 0.335 e. The number of rotatable bonds is 9. The Kier molecular flexibility index (Phi) is 7.45. The van der Waals surface area contributed by atoms with Gasteiger partial charge in [0.1, 0.15) is 0 Å². The van der Waals surface area contributed by atoms with Crippen LogP contribution < -0.4 is 4.90 Å². The number of halogens is 1. The summed E-state index contributed by atoms with van der Waals surface area (Å²) in [4.78, 5) is 31.4. The number of carbonyl (C=O) groups is 2. The van der Waals surface area contributed by atoms with Crippen molar-refractivity contribution in [3.63, 3.8) is 0 Å². The zero-order valence-corrected chi connectivity index (χ0v) is 24.4. The molecule has 3 aromatic carbocycles. The molecule has 1 amide bonds. The number of hydrogen-bond donors (Lipinski definition) is 1. The van der Waals surface area contributed by atoms with E-state index in [0.717, 1.165) is 63.3 Å². The van der Waals surface area contributed by atoms with E-state index >= 15 is 0 Å². The normalized spacial score (nSPS) is 21.4. The number of ether oxygens (including phenoxy) is 1. The molecular formula is C34H33FN2O4S. The molecule has 0 atom stereocenters. The molecule has 4 aromatic rings. The molecule has 6 nitrogen and oxygen atoms in total. The Morgan fingerprint density at radius 2 is 1.79 bits per heavy atom. The molecule has 2 bridgehead atoms. The van der Waals surface area contributed by atoms with E-state index < -0.39 is 18.2 Å². The fourth-order valence-electron chi connectivity index (χ4n) is 6.36. The number of hydrogen-bond acceptors (Lipinski definition) is 5. The Balaban J connectivity index is 1.27. The summed E-state index contributed by atoms with van der Waals surface area (Å²) in [5.74, 6) is -1.21. The lowest BCUT2D eigenvalue weighted by atomic mass is 9.64. The lowest BCUT2D eigenvalue weighted by Gasteiger charge is -2.54. The Bertz CT molecular complexity index is 1650. The molecule has 0 spiro atoms. The fourth-order valence-corrected chi connectivity index (χ4v) is 7.22. The molecule has 7 rings (SSSR count). The number of aromatic carboxylic acids is 1. The molecule has 3 heterocycles. The standard InChI is InChI=1S/C34H33FN2O4S/c1-22(12-17-35)31(38)37(28-5-3-4-25(18-28)26-8-11-29-30(19-26)42-23(2)36-29)20-33-13-15-34(16-14-33,41-21-33)27-9-6-24(7-10-27)32(39)40/h3-11,18-19H,1,12-17,20-21H2,2H3,(H,39,40). The predicted octanol–water partition coefficient (Wildman–Crippen LogP) is 7.70. The third-order valence-electron chi connectivity index (χ3n) is 8.85. The largest absolute Gasteiger partial charge is 0.478 e. The molecule has 1 aliphatic carbocycles. The Hall–Kier alpha value is -3.88. The minimum absolute atomic E-state index is 0.00459. The molecule has 42 heavy (non-hydrogen) atoms. The number of fused-ring (bicyclic) bond motifs is 4. The Labute approximate surface area is 248 Å². The number of aryl methyl sites for hydroxylation is 1. The third-order valence-corrected chi connectivity index (χ3v) is 9.79. The van der Waals surface area contributed by atoms with Gasteiger partial charge in [0.25, 0.3) is 5.91 Å². The molecule has 3 fully saturated rings. The lowest BCUT2D eigenvalue weighted by molar-refractivity contribution is -0.186. The Morgan fingerprint density at radius 1 is 1.05 bits per heavy atom. The van der Waals surface area contributed by atoms with Gasteiger partial charge in [0.2, 0.25) is 0 Å². The summed E-state index contributed by atoms with van der Waals surface area (Å²) in [5.41, 5.74) is 4.55. The zero-order valence-electron chi connectivity index (χ0n) is 23.6. The molecule has 1 saturated carbocycles. The maximum atomic E-state index is 13.7. The van der Waals surface area contributed by atoms with E-state index in [4.69, 9.17) is 4.74 Å². The van der Waals surface area contributed by atoms with Crippen LogP contribution in [0.4, 0.5) is 10.1 Å². The van der Waals surface area contributed by atoms with E-state index in [1.165, 1.54) is 0 Å². The number of aromatic nitrogens is 1. The quantitative estimate of drug-likeness (QED) is 0.204. The van der Waals surface area contributed by atoms with Crippen LogP contribution in [-0.2, 0) is 15.1 Å². The van der Waals surface area contributed by atoms with Gasteiger partial charge in [-0.2, -0.15) is 0 Å². The van der Waals surface area contributed by atoms with Crippen molar-refractivity contribution in [2.75, 3.05) is 24.7 Å². The van der Waals surface area contributed by atoms with Crippen molar-refractivity contribution in [3.8, 4) is 11.1 Å². The second kappa shape index (κ2) is 11.1. The van der Waals surface area contributed by atoms with Gasteiger partial charge >= 0.3 is 5.97 Å². The summed E-state index contributed by atoms with van der Waals surface area (Å²) in [6.45, 7) is 6.21. The minimum atomic E-state index is -0.950. The van der Waals surface area contributed by atoms with Crippen molar-refractivity contribution in [1.29, 1.82) is 0 Å². The summed E-state index contributed by atoms with van der Waals surface area (Å²) in [5, 5.41) is 10.3. The summed E-state index contributed by atoms with van der Waals surface area (Å²) >= 11 is 1.65. The molecule has 2 aliphatic heterocycles. The van der Waals surface area contributed by atoms with E-state index in [-0.39, 0.29) is 28.9 Å². The second-order valence-corrected chi connectivity index (χ2v) is 12.8. The predicted molar refractivity (Wildman–Crippen MR) is 164 cm³/mol. The average molecular weight is 585 g/mol. The van der Waals surface area contributed by atoms with Crippen LogP contribution in [0.3, 0.4) is 0 Å². The third kappa shape index (κ3) is 5.25. The van der Waals surface area contributed by atoms with Gasteiger partial charge in [0.05, 0.1) is 39.7 Å². The number of benzene rings is 3. The van der Waals surface area contributed by atoms with Crippen molar-refractivity contribution >= 4 is 39.1 Å². The lowest BCUT2D eigenvalue weighted by Crippen LogP contribution is -2.54. The molecule has 3 aliphatic rings. The highest BCUT2D eigenvalue weighted by Crippen LogP contribution is 2.54. The van der Waals surface area contributed by atoms with E-state index in [0.29, 0.717) is 13.2 Å². The van der Waals surface area contributed by atoms with E-state index in [9.17, 15) is 19.1 Å². The summed E-state index contributed by atoms with van der Waals surface area (Å²) in [6.07, 6.45) is 3.26. The van der Waals surface area contributed by atoms with Crippen molar-refractivity contribution in [3.05, 3.63) is 95.0 Å². The number of carboxylic acid groups (broad SMARTS) is 1. The van der Waals surface area contributed by atoms with E-state index in [2.05, 4.69) is 17.6 Å². The SMILES string of the molecule is C=C(CCF)C(=O)N(CC12CCC(c3ccc(C(=O)O)cc3)(CC1)OC2)c1cccc(-c2ccc3nc(C)sc3c2)c1. The topological polar surface area (TPSA) is 79.7 Å². The van der Waals surface area contributed by atoms with Gasteiger partial charge in [-0.25, -0.2) is 9.78 Å². The van der Waals surface area contributed by atoms with E-state index in [1.807, 2.05) is 55.5 Å². The Morgan fingerprint density at radius 3 is 2.45 bits per heavy atom. The number of anilines is 1. The summed E-state index contributed by atoms with van der Waals surface area (Å²) in [7, 11) is 0.